The molecule has 0 spiro atoms. The number of hydrogen-bond acceptors (Lipinski definition) is 3. The SMILES string of the molecule is CNc1c(C)csc1C(=O)O. The zero-order valence-corrected chi connectivity index (χ0v) is 7.16. The minimum atomic E-state index is -0.868. The number of rotatable bonds is 2. The molecule has 0 aliphatic heterocycles. The van der Waals surface area contributed by atoms with Crippen LogP contribution < -0.4 is 5.32 Å². The van der Waals surface area contributed by atoms with E-state index >= 15 is 0 Å². The van der Waals surface area contributed by atoms with E-state index in [2.05, 4.69) is 5.32 Å². The summed E-state index contributed by atoms with van der Waals surface area (Å²) >= 11 is 1.25. The largest absolute Gasteiger partial charge is 0.477 e. The molecule has 1 rings (SSSR count). The van der Waals surface area contributed by atoms with Crippen LogP contribution >= 0.6 is 11.3 Å². The van der Waals surface area contributed by atoms with E-state index in [1.54, 1.807) is 7.05 Å². The molecule has 3 nitrogen and oxygen atoms in total. The average Bonchev–Trinajstić information content (AvgIpc) is 2.30. The Labute approximate surface area is 68.7 Å². The maximum Gasteiger partial charge on any atom is 0.348 e. The first-order valence-corrected chi connectivity index (χ1v) is 4.04. The summed E-state index contributed by atoms with van der Waals surface area (Å²) in [5, 5.41) is 13.4. The summed E-state index contributed by atoms with van der Waals surface area (Å²) in [5.41, 5.74) is 1.71. The molecule has 1 aromatic rings. The first-order chi connectivity index (χ1) is 5.16. The van der Waals surface area contributed by atoms with Crippen LogP contribution in [0.4, 0.5) is 5.69 Å². The maximum absolute atomic E-state index is 10.6. The Bertz CT molecular complexity index is 280. The second-order valence-corrected chi connectivity index (χ2v) is 3.06. The summed E-state index contributed by atoms with van der Waals surface area (Å²) in [4.78, 5) is 10.9. The lowest BCUT2D eigenvalue weighted by Gasteiger charge is -1.98. The number of aryl methyl sites for hydroxylation is 1. The molecule has 60 valence electrons. The summed E-state index contributed by atoms with van der Waals surface area (Å²) in [6.07, 6.45) is 0. The maximum atomic E-state index is 10.6. The van der Waals surface area contributed by atoms with E-state index in [0.717, 1.165) is 11.3 Å². The lowest BCUT2D eigenvalue weighted by Crippen LogP contribution is -1.98. The fourth-order valence-corrected chi connectivity index (χ4v) is 1.81. The van der Waals surface area contributed by atoms with Crippen molar-refractivity contribution in [3.05, 3.63) is 15.8 Å². The highest BCUT2D eigenvalue weighted by molar-refractivity contribution is 7.12. The highest BCUT2D eigenvalue weighted by atomic mass is 32.1. The van der Waals surface area contributed by atoms with E-state index in [-0.39, 0.29) is 0 Å². The van der Waals surface area contributed by atoms with Crippen LogP contribution in [0.15, 0.2) is 5.38 Å². The standard InChI is InChI=1S/C7H9NO2S/c1-4-3-11-6(7(9)10)5(4)8-2/h3,8H,1-2H3,(H,9,10). The average molecular weight is 171 g/mol. The molecule has 0 saturated carbocycles. The summed E-state index contributed by atoms with van der Waals surface area (Å²) < 4.78 is 0. The third kappa shape index (κ3) is 1.35. The van der Waals surface area contributed by atoms with Crippen LogP contribution in [0.2, 0.25) is 0 Å². The van der Waals surface area contributed by atoms with E-state index in [1.807, 2.05) is 12.3 Å². The number of hydrogen-bond donors (Lipinski definition) is 2. The van der Waals surface area contributed by atoms with Crippen LogP contribution in [0.1, 0.15) is 15.2 Å². The second kappa shape index (κ2) is 2.92. The van der Waals surface area contributed by atoms with Gasteiger partial charge in [-0.15, -0.1) is 11.3 Å². The highest BCUT2D eigenvalue weighted by Crippen LogP contribution is 2.26. The molecule has 0 atom stereocenters. The van der Waals surface area contributed by atoms with E-state index in [1.165, 1.54) is 11.3 Å². The Balaban J connectivity index is 3.15. The van der Waals surface area contributed by atoms with Crippen molar-refractivity contribution in [2.45, 2.75) is 6.92 Å². The zero-order valence-electron chi connectivity index (χ0n) is 6.34. The van der Waals surface area contributed by atoms with Gasteiger partial charge in [-0.05, 0) is 17.9 Å². The molecule has 0 aliphatic rings. The van der Waals surface area contributed by atoms with Gasteiger partial charge >= 0.3 is 5.97 Å². The normalized spacial score (nSPS) is 9.64. The summed E-state index contributed by atoms with van der Waals surface area (Å²) in [7, 11) is 1.72. The van der Waals surface area contributed by atoms with Gasteiger partial charge in [0.2, 0.25) is 0 Å². The first kappa shape index (κ1) is 8.07. The van der Waals surface area contributed by atoms with E-state index in [0.29, 0.717) is 4.88 Å². The van der Waals surface area contributed by atoms with Crippen molar-refractivity contribution in [2.24, 2.45) is 0 Å². The van der Waals surface area contributed by atoms with Crippen LogP contribution in [0.25, 0.3) is 0 Å². The molecule has 0 radical (unpaired) electrons. The van der Waals surface area contributed by atoms with Crippen molar-refractivity contribution in [3.8, 4) is 0 Å². The highest BCUT2D eigenvalue weighted by Gasteiger charge is 2.12. The van der Waals surface area contributed by atoms with Gasteiger partial charge in [-0.3, -0.25) is 0 Å². The van der Waals surface area contributed by atoms with Crippen LogP contribution in [-0.2, 0) is 0 Å². The summed E-state index contributed by atoms with van der Waals surface area (Å²) in [6.45, 7) is 1.88. The first-order valence-electron chi connectivity index (χ1n) is 3.16. The van der Waals surface area contributed by atoms with Crippen molar-refractivity contribution in [1.29, 1.82) is 0 Å². The Morgan fingerprint density at radius 2 is 2.36 bits per heavy atom. The quantitative estimate of drug-likeness (QED) is 0.713. The number of nitrogens with one attached hydrogen (secondary N) is 1. The summed E-state index contributed by atoms with van der Waals surface area (Å²) in [6, 6.07) is 0. The Kier molecular flexibility index (Phi) is 2.14. The minimum absolute atomic E-state index is 0.380. The molecule has 2 N–H and O–H groups in total. The van der Waals surface area contributed by atoms with Gasteiger partial charge in [-0.25, -0.2) is 4.79 Å². The molecule has 1 aromatic heterocycles. The molecule has 1 heterocycles. The fourth-order valence-electron chi connectivity index (χ4n) is 0.912. The number of carboxylic acids is 1. The smallest absolute Gasteiger partial charge is 0.348 e. The number of anilines is 1. The number of carboxylic acid groups (broad SMARTS) is 1. The predicted octanol–water partition coefficient (Wildman–Crippen LogP) is 1.80. The van der Waals surface area contributed by atoms with E-state index in [9.17, 15) is 4.79 Å². The van der Waals surface area contributed by atoms with E-state index in [4.69, 9.17) is 5.11 Å². The van der Waals surface area contributed by atoms with Crippen LogP contribution in [0.3, 0.4) is 0 Å². The van der Waals surface area contributed by atoms with Gasteiger partial charge in [-0.1, -0.05) is 0 Å². The Morgan fingerprint density at radius 1 is 1.73 bits per heavy atom. The van der Waals surface area contributed by atoms with Gasteiger partial charge < -0.3 is 10.4 Å². The predicted molar refractivity (Wildman–Crippen MR) is 45.6 cm³/mol. The van der Waals surface area contributed by atoms with Crippen molar-refractivity contribution >= 4 is 23.0 Å². The molecular formula is C7H9NO2S. The van der Waals surface area contributed by atoms with Crippen molar-refractivity contribution < 1.29 is 9.90 Å². The van der Waals surface area contributed by atoms with Gasteiger partial charge in [0.05, 0.1) is 5.69 Å². The monoisotopic (exact) mass is 171 g/mol. The van der Waals surface area contributed by atoms with Crippen LogP contribution in [-0.4, -0.2) is 18.1 Å². The third-order valence-corrected chi connectivity index (χ3v) is 2.51. The Hall–Kier alpha value is -1.03. The number of thiophene rings is 1. The zero-order chi connectivity index (χ0) is 8.43. The topological polar surface area (TPSA) is 49.3 Å². The molecule has 0 aliphatic carbocycles. The van der Waals surface area contributed by atoms with E-state index < -0.39 is 5.97 Å². The van der Waals surface area contributed by atoms with Crippen molar-refractivity contribution in [3.63, 3.8) is 0 Å². The number of carbonyl (C=O) groups is 1. The molecular weight excluding hydrogens is 162 g/mol. The van der Waals surface area contributed by atoms with Crippen LogP contribution in [0.5, 0.6) is 0 Å². The molecule has 0 amide bonds. The molecule has 0 bridgehead atoms. The van der Waals surface area contributed by atoms with Gasteiger partial charge in [0.1, 0.15) is 4.88 Å². The van der Waals surface area contributed by atoms with Crippen molar-refractivity contribution in [2.75, 3.05) is 12.4 Å². The van der Waals surface area contributed by atoms with Gasteiger partial charge in [0.15, 0.2) is 0 Å². The van der Waals surface area contributed by atoms with Gasteiger partial charge in [-0.2, -0.15) is 0 Å². The second-order valence-electron chi connectivity index (χ2n) is 2.18. The lowest BCUT2D eigenvalue weighted by atomic mass is 10.3. The summed E-state index contributed by atoms with van der Waals surface area (Å²) in [5.74, 6) is -0.868. The fraction of sp³-hybridized carbons (Fsp3) is 0.286. The molecule has 0 saturated heterocycles. The molecule has 0 unspecified atom stereocenters. The van der Waals surface area contributed by atoms with Gasteiger partial charge in [0, 0.05) is 7.05 Å². The number of aromatic carboxylic acids is 1. The van der Waals surface area contributed by atoms with Crippen LogP contribution in [0, 0.1) is 6.92 Å². The molecule has 0 fully saturated rings. The third-order valence-electron chi connectivity index (χ3n) is 1.42. The van der Waals surface area contributed by atoms with Crippen molar-refractivity contribution in [1.82, 2.24) is 0 Å². The molecule has 0 aromatic carbocycles. The van der Waals surface area contributed by atoms with Gasteiger partial charge in [0.25, 0.3) is 0 Å². The molecule has 4 heteroatoms. The lowest BCUT2D eigenvalue weighted by molar-refractivity contribution is 0.0703. The molecule has 11 heavy (non-hydrogen) atoms. The Morgan fingerprint density at radius 3 is 2.73 bits per heavy atom. The minimum Gasteiger partial charge on any atom is -0.477 e.